The number of ether oxygens (including phenoxy) is 1. The smallest absolute Gasteiger partial charge is 0.126 e. The van der Waals surface area contributed by atoms with Crippen LogP contribution in [0.2, 0.25) is 0 Å². The first kappa shape index (κ1) is 11.1. The Balaban J connectivity index is 1.94. The van der Waals surface area contributed by atoms with Crippen LogP contribution in [0.25, 0.3) is 0 Å². The van der Waals surface area contributed by atoms with Crippen LogP contribution in [0, 0.1) is 12.7 Å². The first-order chi connectivity index (χ1) is 7.75. The zero-order valence-corrected chi connectivity index (χ0v) is 9.42. The third kappa shape index (κ3) is 2.83. The van der Waals surface area contributed by atoms with Crippen molar-refractivity contribution < 1.29 is 9.13 Å². The van der Waals surface area contributed by atoms with Gasteiger partial charge in [-0.3, -0.25) is 0 Å². The summed E-state index contributed by atoms with van der Waals surface area (Å²) < 4.78 is 18.6. The van der Waals surface area contributed by atoms with E-state index in [9.17, 15) is 4.39 Å². The highest BCUT2D eigenvalue weighted by Gasteiger charge is 2.04. The van der Waals surface area contributed by atoms with Crippen LogP contribution in [0.5, 0.6) is 5.75 Å². The van der Waals surface area contributed by atoms with Crippen molar-refractivity contribution in [1.82, 2.24) is 5.32 Å². The zero-order valence-electron chi connectivity index (χ0n) is 9.42. The van der Waals surface area contributed by atoms with E-state index in [4.69, 9.17) is 4.74 Å². The minimum absolute atomic E-state index is 0.187. The Kier molecular flexibility index (Phi) is 3.57. The summed E-state index contributed by atoms with van der Waals surface area (Å²) in [5.74, 6) is 0.548. The maximum Gasteiger partial charge on any atom is 0.126 e. The molecule has 0 saturated carbocycles. The summed E-state index contributed by atoms with van der Waals surface area (Å²) in [5.41, 5.74) is 1.93. The lowest BCUT2D eigenvalue weighted by Crippen LogP contribution is -2.22. The fourth-order valence-electron chi connectivity index (χ4n) is 1.68. The predicted octanol–water partition coefficient (Wildman–Crippen LogP) is 2.43. The van der Waals surface area contributed by atoms with Gasteiger partial charge in [0.15, 0.2) is 0 Å². The summed E-state index contributed by atoms with van der Waals surface area (Å²) in [5, 5.41) is 3.25. The molecule has 16 heavy (non-hydrogen) atoms. The average molecular weight is 221 g/mol. The summed E-state index contributed by atoms with van der Waals surface area (Å²) in [6.07, 6.45) is 3.18. The van der Waals surface area contributed by atoms with Crippen LogP contribution in [0.15, 0.2) is 29.8 Å². The molecule has 0 bridgehead atoms. The molecule has 0 atom stereocenters. The molecular weight excluding hydrogens is 205 g/mol. The van der Waals surface area contributed by atoms with Crippen LogP contribution in [-0.2, 0) is 0 Å². The molecule has 0 aromatic heterocycles. The van der Waals surface area contributed by atoms with Gasteiger partial charge in [-0.25, -0.2) is 4.39 Å². The summed E-state index contributed by atoms with van der Waals surface area (Å²) in [7, 11) is 0. The lowest BCUT2D eigenvalue weighted by molar-refractivity contribution is 0.343. The van der Waals surface area contributed by atoms with Gasteiger partial charge in [0.1, 0.15) is 18.2 Å². The molecule has 0 unspecified atom stereocenters. The molecule has 0 amide bonds. The van der Waals surface area contributed by atoms with Crippen LogP contribution in [0.3, 0.4) is 0 Å². The third-order valence-corrected chi connectivity index (χ3v) is 2.71. The van der Waals surface area contributed by atoms with Gasteiger partial charge in [-0.2, -0.15) is 0 Å². The normalized spacial score (nSPS) is 15.8. The third-order valence-electron chi connectivity index (χ3n) is 2.71. The van der Waals surface area contributed by atoms with E-state index >= 15 is 0 Å². The van der Waals surface area contributed by atoms with E-state index in [2.05, 4.69) is 11.4 Å². The minimum Gasteiger partial charge on any atom is -0.489 e. The number of halogens is 1. The Morgan fingerprint density at radius 3 is 3.00 bits per heavy atom. The standard InChI is InChI=1S/C13H16FNO/c1-10-8-12(2-3-13(10)14)16-9-11-4-6-15-7-5-11/h2-4,8,15H,5-7,9H2,1H3. The number of hydrogen-bond acceptors (Lipinski definition) is 2. The average Bonchev–Trinajstić information content (AvgIpc) is 2.32. The molecule has 1 aliphatic heterocycles. The van der Waals surface area contributed by atoms with Gasteiger partial charge >= 0.3 is 0 Å². The molecule has 1 aromatic carbocycles. The number of nitrogens with one attached hydrogen (secondary N) is 1. The van der Waals surface area contributed by atoms with E-state index in [1.807, 2.05) is 0 Å². The lowest BCUT2D eigenvalue weighted by atomic mass is 10.1. The molecule has 0 radical (unpaired) electrons. The Morgan fingerprint density at radius 1 is 1.44 bits per heavy atom. The van der Waals surface area contributed by atoms with Crippen molar-refractivity contribution in [2.24, 2.45) is 0 Å². The zero-order chi connectivity index (χ0) is 11.4. The van der Waals surface area contributed by atoms with Gasteiger partial charge in [-0.05, 0) is 49.2 Å². The molecule has 3 heteroatoms. The largest absolute Gasteiger partial charge is 0.489 e. The first-order valence-electron chi connectivity index (χ1n) is 5.53. The molecule has 0 aliphatic carbocycles. The van der Waals surface area contributed by atoms with Gasteiger partial charge in [0, 0.05) is 6.54 Å². The Hall–Kier alpha value is -1.35. The SMILES string of the molecule is Cc1cc(OCC2=CCNCC2)ccc1F. The fourth-order valence-corrected chi connectivity index (χ4v) is 1.68. The first-order valence-corrected chi connectivity index (χ1v) is 5.53. The van der Waals surface area contributed by atoms with Gasteiger partial charge in [0.05, 0.1) is 0 Å². The van der Waals surface area contributed by atoms with Gasteiger partial charge in [-0.15, -0.1) is 0 Å². The molecular formula is C13H16FNO. The van der Waals surface area contributed by atoms with E-state index in [1.54, 1.807) is 19.1 Å². The summed E-state index contributed by atoms with van der Waals surface area (Å²) >= 11 is 0. The van der Waals surface area contributed by atoms with Crippen molar-refractivity contribution in [3.8, 4) is 5.75 Å². The second-order valence-electron chi connectivity index (χ2n) is 4.02. The van der Waals surface area contributed by atoms with Crippen molar-refractivity contribution in [3.05, 3.63) is 41.2 Å². The van der Waals surface area contributed by atoms with Crippen molar-refractivity contribution in [2.75, 3.05) is 19.7 Å². The molecule has 1 heterocycles. The number of aryl methyl sites for hydroxylation is 1. The van der Waals surface area contributed by atoms with Crippen LogP contribution in [0.1, 0.15) is 12.0 Å². The summed E-state index contributed by atoms with van der Waals surface area (Å²) in [6, 6.07) is 4.85. The van der Waals surface area contributed by atoms with Gasteiger partial charge in [0.2, 0.25) is 0 Å². The number of benzene rings is 1. The van der Waals surface area contributed by atoms with E-state index in [1.165, 1.54) is 11.6 Å². The Labute approximate surface area is 95.1 Å². The number of hydrogen-bond donors (Lipinski definition) is 1. The molecule has 86 valence electrons. The molecule has 0 saturated heterocycles. The highest BCUT2D eigenvalue weighted by Crippen LogP contribution is 2.17. The van der Waals surface area contributed by atoms with E-state index in [0.29, 0.717) is 12.2 Å². The maximum absolute atomic E-state index is 13.0. The molecule has 1 N–H and O–H groups in total. The van der Waals surface area contributed by atoms with Gasteiger partial charge < -0.3 is 10.1 Å². The minimum atomic E-state index is -0.187. The van der Waals surface area contributed by atoms with Crippen LogP contribution in [0.4, 0.5) is 4.39 Å². The molecule has 0 spiro atoms. The maximum atomic E-state index is 13.0. The van der Waals surface area contributed by atoms with Crippen molar-refractivity contribution in [1.29, 1.82) is 0 Å². The second-order valence-corrected chi connectivity index (χ2v) is 4.02. The molecule has 1 aliphatic rings. The van der Waals surface area contributed by atoms with Crippen LogP contribution < -0.4 is 10.1 Å². The van der Waals surface area contributed by atoms with Gasteiger partial charge in [0.25, 0.3) is 0 Å². The molecule has 0 fully saturated rings. The molecule has 2 rings (SSSR count). The highest BCUT2D eigenvalue weighted by atomic mass is 19.1. The van der Waals surface area contributed by atoms with E-state index < -0.39 is 0 Å². The number of rotatable bonds is 3. The summed E-state index contributed by atoms with van der Waals surface area (Å²) in [4.78, 5) is 0. The summed E-state index contributed by atoms with van der Waals surface area (Å²) in [6.45, 7) is 4.28. The predicted molar refractivity (Wildman–Crippen MR) is 62.2 cm³/mol. The van der Waals surface area contributed by atoms with Crippen molar-refractivity contribution >= 4 is 0 Å². The second kappa shape index (κ2) is 5.12. The van der Waals surface area contributed by atoms with E-state index in [0.717, 1.165) is 25.3 Å². The Bertz CT molecular complexity index is 401. The molecule has 1 aromatic rings. The Morgan fingerprint density at radius 2 is 2.31 bits per heavy atom. The van der Waals surface area contributed by atoms with Crippen molar-refractivity contribution in [2.45, 2.75) is 13.3 Å². The molecule has 2 nitrogen and oxygen atoms in total. The quantitative estimate of drug-likeness (QED) is 0.791. The topological polar surface area (TPSA) is 21.3 Å². The highest BCUT2D eigenvalue weighted by molar-refractivity contribution is 5.29. The van der Waals surface area contributed by atoms with Crippen molar-refractivity contribution in [3.63, 3.8) is 0 Å². The van der Waals surface area contributed by atoms with Gasteiger partial charge in [-0.1, -0.05) is 6.08 Å². The lowest BCUT2D eigenvalue weighted by Gasteiger charge is -2.15. The monoisotopic (exact) mass is 221 g/mol. The van der Waals surface area contributed by atoms with Crippen LogP contribution >= 0.6 is 0 Å². The van der Waals surface area contributed by atoms with E-state index in [-0.39, 0.29) is 5.82 Å². The fraction of sp³-hybridized carbons (Fsp3) is 0.385. The van der Waals surface area contributed by atoms with Crippen LogP contribution in [-0.4, -0.2) is 19.7 Å².